The Bertz CT molecular complexity index is 1060. The molecule has 176 valence electrons. The third-order valence-corrected chi connectivity index (χ3v) is 6.49. The van der Waals surface area contributed by atoms with Gasteiger partial charge in [0.25, 0.3) is 0 Å². The summed E-state index contributed by atoms with van der Waals surface area (Å²) in [6.45, 7) is 9.00. The molecule has 33 heavy (non-hydrogen) atoms. The van der Waals surface area contributed by atoms with E-state index in [9.17, 15) is 15.3 Å². The Balaban J connectivity index is 1.87. The van der Waals surface area contributed by atoms with Crippen LogP contribution in [0.25, 0.3) is 11.1 Å². The molecule has 0 aliphatic carbocycles. The summed E-state index contributed by atoms with van der Waals surface area (Å²) in [5.74, 6) is 1.17. The molecule has 0 aliphatic rings. The van der Waals surface area contributed by atoms with Gasteiger partial charge in [-0.3, -0.25) is 0 Å². The highest BCUT2D eigenvalue weighted by Gasteiger charge is 2.15. The molecule has 0 amide bonds. The Hall–Kier alpha value is -2.66. The van der Waals surface area contributed by atoms with Crippen molar-refractivity contribution >= 4 is 0 Å². The molecule has 0 aliphatic heterocycles. The van der Waals surface area contributed by atoms with Crippen molar-refractivity contribution in [3.8, 4) is 16.9 Å². The van der Waals surface area contributed by atoms with Crippen molar-refractivity contribution in [1.82, 2.24) is 0 Å². The first-order valence-corrected chi connectivity index (χ1v) is 11.7. The summed E-state index contributed by atoms with van der Waals surface area (Å²) in [5, 5.41) is 28.3. The molecule has 0 heterocycles. The zero-order valence-electron chi connectivity index (χ0n) is 20.2. The normalized spacial score (nSPS) is 12.1. The number of aliphatic hydroxyl groups is 3. The maximum absolute atomic E-state index is 9.54. The highest BCUT2D eigenvalue weighted by atomic mass is 16.5. The van der Waals surface area contributed by atoms with E-state index >= 15 is 0 Å². The molecule has 0 spiro atoms. The second-order valence-electron chi connectivity index (χ2n) is 8.83. The average molecular weight is 449 g/mol. The highest BCUT2D eigenvalue weighted by Crippen LogP contribution is 2.36. The summed E-state index contributed by atoms with van der Waals surface area (Å²) in [6, 6.07) is 16.3. The molecule has 0 saturated heterocycles. The molecule has 3 aromatic carbocycles. The van der Waals surface area contributed by atoms with E-state index in [-0.39, 0.29) is 19.8 Å². The van der Waals surface area contributed by atoms with Gasteiger partial charge in [0.15, 0.2) is 0 Å². The summed E-state index contributed by atoms with van der Waals surface area (Å²) in [7, 11) is 0. The zero-order chi connectivity index (χ0) is 24.0. The molecule has 1 atom stereocenters. The lowest BCUT2D eigenvalue weighted by molar-refractivity contribution is 0.259. The minimum atomic E-state index is -0.107. The number of ether oxygens (including phenoxy) is 1. The molecule has 4 heteroatoms. The van der Waals surface area contributed by atoms with E-state index in [0.29, 0.717) is 12.5 Å². The Kier molecular flexibility index (Phi) is 8.67. The lowest BCUT2D eigenvalue weighted by Gasteiger charge is -2.20. The fourth-order valence-corrected chi connectivity index (χ4v) is 4.62. The number of aliphatic hydroxyl groups excluding tert-OH is 3. The molecule has 4 nitrogen and oxygen atoms in total. The van der Waals surface area contributed by atoms with Crippen molar-refractivity contribution in [3.05, 3.63) is 87.5 Å². The van der Waals surface area contributed by atoms with Gasteiger partial charge in [-0.2, -0.15) is 0 Å². The van der Waals surface area contributed by atoms with E-state index in [1.54, 1.807) is 0 Å². The zero-order valence-corrected chi connectivity index (χ0v) is 20.2. The summed E-state index contributed by atoms with van der Waals surface area (Å²) in [5.41, 5.74) is 9.75. The van der Waals surface area contributed by atoms with Gasteiger partial charge in [0.2, 0.25) is 0 Å². The van der Waals surface area contributed by atoms with Gasteiger partial charge in [0.1, 0.15) is 12.4 Å². The SMILES string of the molecule is CCC(CCO)c1cc(C)c(-c2cc(OCc3ccc(CO)c(CO)c3)ccc2C)c(C)c1. The van der Waals surface area contributed by atoms with Crippen LogP contribution in [-0.4, -0.2) is 21.9 Å². The summed E-state index contributed by atoms with van der Waals surface area (Å²) >= 11 is 0. The van der Waals surface area contributed by atoms with Gasteiger partial charge in [-0.05, 0) is 108 Å². The first kappa shape index (κ1) is 25.0. The Morgan fingerprint density at radius 3 is 2.09 bits per heavy atom. The Labute approximate surface area is 197 Å². The molecule has 0 radical (unpaired) electrons. The van der Waals surface area contributed by atoms with Crippen LogP contribution in [0.15, 0.2) is 48.5 Å². The predicted molar refractivity (Wildman–Crippen MR) is 133 cm³/mol. The van der Waals surface area contributed by atoms with Crippen LogP contribution >= 0.6 is 0 Å². The van der Waals surface area contributed by atoms with Crippen molar-refractivity contribution in [2.75, 3.05) is 6.61 Å². The quantitative estimate of drug-likeness (QED) is 0.371. The molecule has 1 unspecified atom stereocenters. The largest absolute Gasteiger partial charge is 0.489 e. The second-order valence-corrected chi connectivity index (χ2v) is 8.83. The number of hydrogen-bond donors (Lipinski definition) is 3. The number of hydrogen-bond acceptors (Lipinski definition) is 4. The highest BCUT2D eigenvalue weighted by molar-refractivity contribution is 5.75. The van der Waals surface area contributed by atoms with Crippen LogP contribution in [-0.2, 0) is 19.8 Å². The van der Waals surface area contributed by atoms with Gasteiger partial charge in [-0.1, -0.05) is 37.3 Å². The molecular weight excluding hydrogens is 412 g/mol. The number of aryl methyl sites for hydroxylation is 3. The minimum absolute atomic E-state index is 0.0884. The van der Waals surface area contributed by atoms with Crippen LogP contribution in [0.4, 0.5) is 0 Å². The van der Waals surface area contributed by atoms with Crippen molar-refractivity contribution in [2.24, 2.45) is 0 Å². The van der Waals surface area contributed by atoms with Crippen LogP contribution in [0, 0.1) is 20.8 Å². The molecule has 3 N–H and O–H groups in total. The van der Waals surface area contributed by atoms with Gasteiger partial charge < -0.3 is 20.1 Å². The van der Waals surface area contributed by atoms with Crippen LogP contribution in [0.1, 0.15) is 64.6 Å². The third kappa shape index (κ3) is 5.83. The van der Waals surface area contributed by atoms with Gasteiger partial charge in [-0.15, -0.1) is 0 Å². The van der Waals surface area contributed by atoms with E-state index < -0.39 is 0 Å². The van der Waals surface area contributed by atoms with E-state index in [1.807, 2.05) is 24.3 Å². The monoisotopic (exact) mass is 448 g/mol. The van der Waals surface area contributed by atoms with Crippen LogP contribution in [0.3, 0.4) is 0 Å². The number of rotatable bonds is 10. The molecule has 3 rings (SSSR count). The van der Waals surface area contributed by atoms with E-state index in [0.717, 1.165) is 40.8 Å². The van der Waals surface area contributed by atoms with Gasteiger partial charge in [-0.25, -0.2) is 0 Å². The summed E-state index contributed by atoms with van der Waals surface area (Å²) in [4.78, 5) is 0. The molecule has 0 bridgehead atoms. The lowest BCUT2D eigenvalue weighted by Crippen LogP contribution is -2.03. The van der Waals surface area contributed by atoms with Crippen molar-refractivity contribution in [3.63, 3.8) is 0 Å². The number of benzene rings is 3. The molecular formula is C29H36O4. The average Bonchev–Trinajstić information content (AvgIpc) is 2.82. The Morgan fingerprint density at radius 1 is 0.788 bits per heavy atom. The van der Waals surface area contributed by atoms with Gasteiger partial charge in [0.05, 0.1) is 13.2 Å². The van der Waals surface area contributed by atoms with Gasteiger partial charge in [0, 0.05) is 6.61 Å². The fourth-order valence-electron chi connectivity index (χ4n) is 4.62. The van der Waals surface area contributed by atoms with Gasteiger partial charge >= 0.3 is 0 Å². The second kappa shape index (κ2) is 11.5. The first-order chi connectivity index (χ1) is 15.9. The van der Waals surface area contributed by atoms with Crippen LogP contribution in [0.5, 0.6) is 5.75 Å². The van der Waals surface area contributed by atoms with E-state index in [1.165, 1.54) is 27.8 Å². The fraction of sp³-hybridized carbons (Fsp3) is 0.379. The smallest absolute Gasteiger partial charge is 0.120 e. The molecule has 0 aromatic heterocycles. The molecule has 0 fully saturated rings. The van der Waals surface area contributed by atoms with Crippen molar-refractivity contribution in [1.29, 1.82) is 0 Å². The topological polar surface area (TPSA) is 69.9 Å². The minimum Gasteiger partial charge on any atom is -0.489 e. The van der Waals surface area contributed by atoms with Crippen molar-refractivity contribution in [2.45, 2.75) is 66.3 Å². The standard InChI is InChI=1S/C29H36O4/c1-5-23(10-11-30)25-12-20(3)29(21(4)13-25)28-15-27(9-6-19(28)2)33-18-22-7-8-24(16-31)26(14-22)17-32/h6-9,12-15,23,30-32H,5,10-11,16-18H2,1-4H3. The van der Waals surface area contributed by atoms with E-state index in [4.69, 9.17) is 4.74 Å². The Morgan fingerprint density at radius 2 is 1.48 bits per heavy atom. The third-order valence-electron chi connectivity index (χ3n) is 6.49. The van der Waals surface area contributed by atoms with Crippen LogP contribution < -0.4 is 4.74 Å². The van der Waals surface area contributed by atoms with Crippen molar-refractivity contribution < 1.29 is 20.1 Å². The molecule has 3 aromatic rings. The van der Waals surface area contributed by atoms with Crippen LogP contribution in [0.2, 0.25) is 0 Å². The maximum atomic E-state index is 9.54. The lowest BCUT2D eigenvalue weighted by atomic mass is 9.86. The predicted octanol–water partition coefficient (Wildman–Crippen LogP) is 5.72. The summed E-state index contributed by atoms with van der Waals surface area (Å²) in [6.07, 6.45) is 1.80. The summed E-state index contributed by atoms with van der Waals surface area (Å²) < 4.78 is 6.10. The van der Waals surface area contributed by atoms with E-state index in [2.05, 4.69) is 52.0 Å². The maximum Gasteiger partial charge on any atom is 0.120 e. The first-order valence-electron chi connectivity index (χ1n) is 11.7. The molecule has 0 saturated carbocycles.